The number of nitrogens with zero attached hydrogens (tertiary/aromatic N) is 2. The molecule has 0 atom stereocenters. The number of aliphatic hydroxyl groups excluding tert-OH is 1. The maximum Gasteiger partial charge on any atom is 0.407 e. The van der Waals surface area contributed by atoms with Gasteiger partial charge in [0, 0.05) is 61.5 Å². The van der Waals surface area contributed by atoms with Crippen LogP contribution in [0.3, 0.4) is 0 Å². The fourth-order valence-electron chi connectivity index (χ4n) is 1.71. The quantitative estimate of drug-likeness (QED) is 0.0255. The van der Waals surface area contributed by atoms with E-state index in [0.717, 1.165) is 48.4 Å². The molecule has 2 N–H and O–H groups in total. The van der Waals surface area contributed by atoms with E-state index in [9.17, 15) is 4.79 Å². The minimum Gasteiger partial charge on any atom is -0.449 e. The summed E-state index contributed by atoms with van der Waals surface area (Å²) in [5, 5.41) is 16.1. The fraction of sp³-hybridized carbons (Fsp3) is 0.850. The van der Waals surface area contributed by atoms with Crippen molar-refractivity contribution < 1.29 is 34.2 Å². The maximum absolute atomic E-state index is 11.7. The van der Waals surface area contributed by atoms with E-state index >= 15 is 0 Å². The molecule has 0 unspecified atom stereocenters. The topological polar surface area (TPSA) is 120 Å². The summed E-state index contributed by atoms with van der Waals surface area (Å²) < 4.78 is 5.19. The van der Waals surface area contributed by atoms with Crippen molar-refractivity contribution in [3.63, 3.8) is 0 Å². The van der Waals surface area contributed by atoms with E-state index in [2.05, 4.69) is 15.3 Å². The number of aliphatic hydroxyl groups is 1. The van der Waals surface area contributed by atoms with E-state index in [-0.39, 0.29) is 12.0 Å². The number of nitrogens with one attached hydrogen (secondary N) is 1. The van der Waals surface area contributed by atoms with Crippen molar-refractivity contribution in [2.45, 2.75) is 6.92 Å². The molecular formula is C20H39N3O7S8. The molecule has 0 aromatic heterocycles. The first-order valence-electron chi connectivity index (χ1n) is 11.5. The van der Waals surface area contributed by atoms with E-state index in [1.165, 1.54) is 36.3 Å². The number of hydrogen-bond donors (Lipinski definition) is 2. The Morgan fingerprint density at radius 2 is 1.39 bits per heavy atom. The first kappa shape index (κ1) is 38.9. The van der Waals surface area contributed by atoms with E-state index in [1.54, 1.807) is 35.3 Å². The van der Waals surface area contributed by atoms with Gasteiger partial charge in [0.05, 0.1) is 12.5 Å². The molecule has 0 aliphatic carbocycles. The molecule has 18 heteroatoms. The third-order valence-corrected chi connectivity index (χ3v) is 12.2. The number of aliphatic imine (C=N–C) groups is 2. The van der Waals surface area contributed by atoms with Crippen LogP contribution in [0, 0.1) is 0 Å². The first-order chi connectivity index (χ1) is 18.8. The van der Waals surface area contributed by atoms with Gasteiger partial charge in [0.1, 0.15) is 19.2 Å². The zero-order chi connectivity index (χ0) is 27.6. The normalized spacial score (nSPS) is 11.4. The van der Waals surface area contributed by atoms with Gasteiger partial charge in [-0.05, 0) is 6.92 Å². The molecule has 0 aliphatic heterocycles. The molecule has 1 amide bonds. The van der Waals surface area contributed by atoms with Crippen LogP contribution in [0.2, 0.25) is 0 Å². The predicted octanol–water partition coefficient (Wildman–Crippen LogP) is 5.25. The number of thioether (sulfide) groups is 8. The maximum atomic E-state index is 11.7. The van der Waals surface area contributed by atoms with Crippen molar-refractivity contribution in [3.05, 3.63) is 0 Å². The van der Waals surface area contributed by atoms with Gasteiger partial charge >= 0.3 is 6.09 Å². The van der Waals surface area contributed by atoms with E-state index < -0.39 is 0 Å². The molecule has 38 heavy (non-hydrogen) atoms. The second kappa shape index (κ2) is 35.9. The summed E-state index contributed by atoms with van der Waals surface area (Å²) in [5.41, 5.74) is 0. The Balaban J connectivity index is 3.20. The minimum atomic E-state index is -0.349. The minimum absolute atomic E-state index is 0.115. The first-order valence-corrected chi connectivity index (χ1v) is 20.7. The molecule has 0 spiro atoms. The Morgan fingerprint density at radius 3 is 2.13 bits per heavy atom. The number of alkyl carbamates (subject to hydrolysis) is 1. The fourth-order valence-corrected chi connectivity index (χ4v) is 9.28. The molecule has 0 bridgehead atoms. The van der Waals surface area contributed by atoms with Gasteiger partial charge in [-0.2, -0.15) is 9.78 Å². The Kier molecular flexibility index (Phi) is 36.8. The summed E-state index contributed by atoms with van der Waals surface area (Å²) in [6, 6.07) is 0. The van der Waals surface area contributed by atoms with Gasteiger partial charge in [-0.15, -0.1) is 94.1 Å². The smallest absolute Gasteiger partial charge is 0.407 e. The zero-order valence-corrected chi connectivity index (χ0v) is 28.1. The van der Waals surface area contributed by atoms with Gasteiger partial charge in [-0.3, -0.25) is 9.98 Å². The standard InChI is InChI=1S/C20H39N3O7S8/c1-2-21-11-28-27-6-10-34-18-38-17-33-9-5-26-20(25)23-4-8-32-16-37-15-31-7-3-22-12-29-30-14-36-19-35-13-24/h11-12,24H,2-10,13-19H2,1H3,(H,23,25). The molecule has 0 heterocycles. The van der Waals surface area contributed by atoms with Crippen LogP contribution >= 0.6 is 94.1 Å². The van der Waals surface area contributed by atoms with Gasteiger partial charge in [0.2, 0.25) is 12.8 Å². The van der Waals surface area contributed by atoms with E-state index in [0.29, 0.717) is 38.8 Å². The third-order valence-electron chi connectivity index (χ3n) is 3.26. The molecule has 0 aromatic carbocycles. The number of carbonyl (C=O) groups excluding carboxylic acids is 1. The molecule has 10 nitrogen and oxygen atoms in total. The SMILES string of the molecule is CCN=COOCCSCSCSCCOC(=O)NCCSCSCSCCN=COOCSCSCO. The number of amides is 1. The Labute approximate surface area is 260 Å². The second-order valence-corrected chi connectivity index (χ2v) is 16.2. The van der Waals surface area contributed by atoms with Crippen molar-refractivity contribution in [1.29, 1.82) is 0 Å². The average Bonchev–Trinajstić information content (AvgIpc) is 2.92. The summed E-state index contributed by atoms with van der Waals surface area (Å²) >= 11 is 13.8. The van der Waals surface area contributed by atoms with Crippen LogP contribution in [0.4, 0.5) is 4.79 Å². The largest absolute Gasteiger partial charge is 0.449 e. The van der Waals surface area contributed by atoms with Crippen molar-refractivity contribution >= 4 is 113 Å². The van der Waals surface area contributed by atoms with Gasteiger partial charge in [-0.1, -0.05) is 0 Å². The molecule has 0 saturated heterocycles. The van der Waals surface area contributed by atoms with Crippen molar-refractivity contribution in [3.8, 4) is 0 Å². The highest BCUT2D eigenvalue weighted by Crippen LogP contribution is 2.18. The molecule has 0 rings (SSSR count). The Bertz CT molecular complexity index is 561. The molecule has 0 saturated carbocycles. The van der Waals surface area contributed by atoms with Crippen LogP contribution in [0.25, 0.3) is 0 Å². The Hall–Kier alpha value is 0.890. The van der Waals surface area contributed by atoms with Crippen LogP contribution in [0.1, 0.15) is 6.92 Å². The lowest BCUT2D eigenvalue weighted by Gasteiger charge is -2.07. The van der Waals surface area contributed by atoms with Gasteiger partial charge in [0.15, 0.2) is 0 Å². The van der Waals surface area contributed by atoms with E-state index in [1.807, 2.05) is 42.2 Å². The van der Waals surface area contributed by atoms with Gasteiger partial charge < -0.3 is 24.9 Å². The summed E-state index contributed by atoms with van der Waals surface area (Å²) in [5.74, 6) is 3.96. The van der Waals surface area contributed by atoms with Gasteiger partial charge in [0.25, 0.3) is 0 Å². The molecule has 0 radical (unpaired) electrons. The molecular weight excluding hydrogens is 651 g/mol. The lowest BCUT2D eigenvalue weighted by Crippen LogP contribution is -2.27. The van der Waals surface area contributed by atoms with Crippen molar-refractivity contribution in [2.75, 3.05) is 93.2 Å². The van der Waals surface area contributed by atoms with Crippen LogP contribution in [0.5, 0.6) is 0 Å². The number of hydrogen-bond acceptors (Lipinski definition) is 17. The van der Waals surface area contributed by atoms with Crippen LogP contribution in [-0.2, 0) is 24.3 Å². The third kappa shape index (κ3) is 34.9. The highest BCUT2D eigenvalue weighted by atomic mass is 32.2. The molecule has 0 aromatic rings. The van der Waals surface area contributed by atoms with Crippen LogP contribution in [-0.4, -0.2) is 117 Å². The number of carbonyl (C=O) groups is 1. The highest BCUT2D eigenvalue weighted by molar-refractivity contribution is 8.23. The average molecular weight is 690 g/mol. The molecule has 224 valence electrons. The molecule has 0 aliphatic rings. The van der Waals surface area contributed by atoms with Crippen molar-refractivity contribution in [1.82, 2.24) is 5.32 Å². The highest BCUT2D eigenvalue weighted by Gasteiger charge is 2.01. The predicted molar refractivity (Wildman–Crippen MR) is 177 cm³/mol. The lowest BCUT2D eigenvalue weighted by atomic mass is 10.7. The van der Waals surface area contributed by atoms with Crippen LogP contribution in [0.15, 0.2) is 9.98 Å². The monoisotopic (exact) mass is 689 g/mol. The van der Waals surface area contributed by atoms with Crippen LogP contribution < -0.4 is 5.32 Å². The second-order valence-electron chi connectivity index (χ2n) is 6.10. The number of ether oxygens (including phenoxy) is 1. The number of rotatable bonds is 30. The van der Waals surface area contributed by atoms with E-state index in [4.69, 9.17) is 29.4 Å². The summed E-state index contributed by atoms with van der Waals surface area (Å²) in [7, 11) is 0. The summed E-state index contributed by atoms with van der Waals surface area (Å²) in [4.78, 5) is 39.1. The van der Waals surface area contributed by atoms with Gasteiger partial charge in [-0.25, -0.2) is 4.79 Å². The van der Waals surface area contributed by atoms with Crippen molar-refractivity contribution in [2.24, 2.45) is 9.98 Å². The summed E-state index contributed by atoms with van der Waals surface area (Å²) in [6.45, 7) is 4.85. The summed E-state index contributed by atoms with van der Waals surface area (Å²) in [6.07, 6.45) is 2.29. The molecule has 0 fully saturated rings. The zero-order valence-electron chi connectivity index (χ0n) is 21.5. The Morgan fingerprint density at radius 1 is 0.763 bits per heavy atom. The lowest BCUT2D eigenvalue weighted by molar-refractivity contribution is -0.210.